The van der Waals surface area contributed by atoms with Gasteiger partial charge in [0.25, 0.3) is 0 Å². The Morgan fingerprint density at radius 2 is 2.25 bits per heavy atom. The van der Waals surface area contributed by atoms with Gasteiger partial charge in [-0.15, -0.1) is 11.8 Å². The largest absolute Gasteiger partial charge is 0.310 e. The van der Waals surface area contributed by atoms with Gasteiger partial charge in [-0.3, -0.25) is 0 Å². The average molecular weight is 185 g/mol. The second-order valence-corrected chi connectivity index (χ2v) is 4.98. The van der Waals surface area contributed by atoms with Crippen molar-refractivity contribution in [3.63, 3.8) is 0 Å². The van der Waals surface area contributed by atoms with Gasteiger partial charge in [0.2, 0.25) is 0 Å². The van der Waals surface area contributed by atoms with Gasteiger partial charge in [0, 0.05) is 10.8 Å². The van der Waals surface area contributed by atoms with Gasteiger partial charge in [-0.1, -0.05) is 26.3 Å². The monoisotopic (exact) mass is 185 g/mol. The molecule has 1 aliphatic heterocycles. The molecule has 0 saturated carbocycles. The zero-order valence-corrected chi connectivity index (χ0v) is 9.08. The molecule has 0 aromatic carbocycles. The summed E-state index contributed by atoms with van der Waals surface area (Å²) in [6, 6.07) is 0.576. The van der Waals surface area contributed by atoms with Gasteiger partial charge in [-0.2, -0.15) is 0 Å². The highest BCUT2D eigenvalue weighted by molar-refractivity contribution is 8.03. The molecule has 0 amide bonds. The van der Waals surface area contributed by atoms with Crippen molar-refractivity contribution >= 4 is 11.8 Å². The van der Waals surface area contributed by atoms with Crippen LogP contribution in [-0.4, -0.2) is 17.3 Å². The van der Waals surface area contributed by atoms with Crippen molar-refractivity contribution in [3.8, 4) is 0 Å². The Morgan fingerprint density at radius 3 is 2.83 bits per heavy atom. The van der Waals surface area contributed by atoms with Crippen molar-refractivity contribution in [3.05, 3.63) is 11.5 Å². The first kappa shape index (κ1) is 10.1. The van der Waals surface area contributed by atoms with Crippen LogP contribution in [0.2, 0.25) is 0 Å². The predicted molar refractivity (Wildman–Crippen MR) is 57.5 cm³/mol. The number of hydrogen-bond acceptors (Lipinski definition) is 2. The Balaban J connectivity index is 2.52. The zero-order chi connectivity index (χ0) is 9.03. The molecule has 12 heavy (non-hydrogen) atoms. The summed E-state index contributed by atoms with van der Waals surface area (Å²) in [4.78, 5) is 0. The fourth-order valence-electron chi connectivity index (χ4n) is 1.76. The molecule has 0 saturated heterocycles. The number of thioether (sulfide) groups is 1. The Hall–Kier alpha value is 0.0500. The standard InChI is InChI=1S/C10H19NS/c1-4-7-10(3)9(11-5-2)6-8-12-10/h6,8-9,11H,4-5,7H2,1-3H3. The van der Waals surface area contributed by atoms with Gasteiger partial charge in [0.1, 0.15) is 0 Å². The van der Waals surface area contributed by atoms with Crippen molar-refractivity contribution in [2.45, 2.75) is 44.4 Å². The summed E-state index contributed by atoms with van der Waals surface area (Å²) in [7, 11) is 0. The van der Waals surface area contributed by atoms with Gasteiger partial charge in [-0.25, -0.2) is 0 Å². The molecule has 0 aromatic rings. The maximum atomic E-state index is 3.51. The molecule has 2 heteroatoms. The molecule has 0 bridgehead atoms. The van der Waals surface area contributed by atoms with Crippen molar-refractivity contribution in [2.75, 3.05) is 6.54 Å². The molecular formula is C10H19NS. The molecule has 1 N–H and O–H groups in total. The topological polar surface area (TPSA) is 12.0 Å². The van der Waals surface area contributed by atoms with Crippen LogP contribution in [0.15, 0.2) is 11.5 Å². The van der Waals surface area contributed by atoms with E-state index in [0.717, 1.165) is 6.54 Å². The first-order valence-corrected chi connectivity index (χ1v) is 5.68. The molecule has 1 nitrogen and oxygen atoms in total. The summed E-state index contributed by atoms with van der Waals surface area (Å²) >= 11 is 1.97. The molecular weight excluding hydrogens is 166 g/mol. The summed E-state index contributed by atoms with van der Waals surface area (Å²) in [5.74, 6) is 0. The van der Waals surface area contributed by atoms with E-state index in [2.05, 4.69) is 37.6 Å². The van der Waals surface area contributed by atoms with Crippen LogP contribution in [0.3, 0.4) is 0 Å². The molecule has 2 atom stereocenters. The number of nitrogens with one attached hydrogen (secondary N) is 1. The SMILES string of the molecule is CCCC1(C)SC=CC1NCC. The molecule has 1 heterocycles. The van der Waals surface area contributed by atoms with E-state index < -0.39 is 0 Å². The normalized spacial score (nSPS) is 34.4. The fraction of sp³-hybridized carbons (Fsp3) is 0.800. The summed E-state index contributed by atoms with van der Waals surface area (Å²) in [5, 5.41) is 5.75. The summed E-state index contributed by atoms with van der Waals surface area (Å²) in [6.07, 6.45) is 4.86. The van der Waals surface area contributed by atoms with E-state index in [9.17, 15) is 0 Å². The lowest BCUT2D eigenvalue weighted by atomic mass is 9.96. The maximum Gasteiger partial charge on any atom is 0.0407 e. The lowest BCUT2D eigenvalue weighted by Crippen LogP contribution is -2.42. The number of likely N-dealkylation sites (N-methyl/N-ethyl adjacent to an activating group) is 1. The first-order chi connectivity index (χ1) is 5.73. The van der Waals surface area contributed by atoms with E-state index in [0.29, 0.717) is 10.8 Å². The van der Waals surface area contributed by atoms with E-state index in [-0.39, 0.29) is 0 Å². The Kier molecular flexibility index (Phi) is 3.66. The Morgan fingerprint density at radius 1 is 1.50 bits per heavy atom. The van der Waals surface area contributed by atoms with E-state index in [1.54, 1.807) is 0 Å². The molecule has 0 fully saturated rings. The van der Waals surface area contributed by atoms with Gasteiger partial charge in [0.15, 0.2) is 0 Å². The quantitative estimate of drug-likeness (QED) is 0.723. The van der Waals surface area contributed by atoms with Crippen LogP contribution in [0.4, 0.5) is 0 Å². The third kappa shape index (κ3) is 2.05. The van der Waals surface area contributed by atoms with Crippen molar-refractivity contribution in [1.29, 1.82) is 0 Å². The first-order valence-electron chi connectivity index (χ1n) is 4.81. The highest BCUT2D eigenvalue weighted by Crippen LogP contribution is 2.39. The molecule has 0 radical (unpaired) electrons. The minimum Gasteiger partial charge on any atom is -0.310 e. The van der Waals surface area contributed by atoms with E-state index in [4.69, 9.17) is 0 Å². The van der Waals surface area contributed by atoms with Crippen LogP contribution in [0.25, 0.3) is 0 Å². The van der Waals surface area contributed by atoms with Crippen molar-refractivity contribution in [1.82, 2.24) is 5.32 Å². The molecule has 0 aromatic heterocycles. The molecule has 0 spiro atoms. The van der Waals surface area contributed by atoms with Crippen molar-refractivity contribution in [2.24, 2.45) is 0 Å². The van der Waals surface area contributed by atoms with Crippen LogP contribution in [0.1, 0.15) is 33.6 Å². The minimum absolute atomic E-state index is 0.408. The fourth-order valence-corrected chi connectivity index (χ4v) is 2.94. The van der Waals surface area contributed by atoms with Gasteiger partial charge < -0.3 is 5.32 Å². The van der Waals surface area contributed by atoms with Crippen LogP contribution >= 0.6 is 11.8 Å². The van der Waals surface area contributed by atoms with Gasteiger partial charge in [0.05, 0.1) is 0 Å². The molecule has 1 rings (SSSR count). The average Bonchev–Trinajstić information content (AvgIpc) is 2.35. The highest BCUT2D eigenvalue weighted by Gasteiger charge is 2.34. The van der Waals surface area contributed by atoms with Crippen LogP contribution in [0.5, 0.6) is 0 Å². The van der Waals surface area contributed by atoms with E-state index >= 15 is 0 Å². The second-order valence-electron chi connectivity index (χ2n) is 3.54. The van der Waals surface area contributed by atoms with Gasteiger partial charge in [-0.05, 0) is 25.3 Å². The second kappa shape index (κ2) is 4.33. The third-order valence-electron chi connectivity index (χ3n) is 2.44. The van der Waals surface area contributed by atoms with Gasteiger partial charge >= 0.3 is 0 Å². The molecule has 1 aliphatic rings. The maximum absolute atomic E-state index is 3.51. The summed E-state index contributed by atoms with van der Waals surface area (Å²) in [6.45, 7) is 7.85. The lowest BCUT2D eigenvalue weighted by Gasteiger charge is -2.30. The lowest BCUT2D eigenvalue weighted by molar-refractivity contribution is 0.461. The summed E-state index contributed by atoms with van der Waals surface area (Å²) in [5.41, 5.74) is 0. The van der Waals surface area contributed by atoms with Crippen LogP contribution < -0.4 is 5.32 Å². The minimum atomic E-state index is 0.408. The van der Waals surface area contributed by atoms with E-state index in [1.807, 2.05) is 11.8 Å². The zero-order valence-electron chi connectivity index (χ0n) is 8.26. The van der Waals surface area contributed by atoms with Crippen LogP contribution in [0, 0.1) is 0 Å². The van der Waals surface area contributed by atoms with Crippen molar-refractivity contribution < 1.29 is 0 Å². The van der Waals surface area contributed by atoms with E-state index in [1.165, 1.54) is 12.8 Å². The molecule has 2 unspecified atom stereocenters. The summed E-state index contributed by atoms with van der Waals surface area (Å²) < 4.78 is 0.408. The predicted octanol–water partition coefficient (Wildman–Crippen LogP) is 2.78. The third-order valence-corrected chi connectivity index (χ3v) is 3.73. The molecule has 0 aliphatic carbocycles. The Bertz CT molecular complexity index is 167. The smallest absolute Gasteiger partial charge is 0.0407 e. The number of hydrogen-bond donors (Lipinski definition) is 1. The Labute approximate surface area is 80.0 Å². The molecule has 70 valence electrons. The van der Waals surface area contributed by atoms with Crippen LogP contribution in [-0.2, 0) is 0 Å². The highest BCUT2D eigenvalue weighted by atomic mass is 32.2. The number of rotatable bonds is 4.